The summed E-state index contributed by atoms with van der Waals surface area (Å²) in [6, 6.07) is 7.65. The molecule has 128 valence electrons. The van der Waals surface area contributed by atoms with E-state index in [1.807, 2.05) is 24.3 Å². The summed E-state index contributed by atoms with van der Waals surface area (Å²) < 4.78 is 5.29. The molecular weight excluding hydrogens is 311 g/mol. The Kier molecular flexibility index (Phi) is 5.18. The van der Waals surface area contributed by atoms with Crippen LogP contribution in [0.5, 0.6) is 0 Å². The van der Waals surface area contributed by atoms with E-state index >= 15 is 0 Å². The highest BCUT2D eigenvalue weighted by atomic mass is 16.5. The molecule has 0 aliphatic carbocycles. The molecule has 4 N–H and O–H groups in total. The molecule has 24 heavy (non-hydrogen) atoms. The van der Waals surface area contributed by atoms with E-state index in [2.05, 4.69) is 10.6 Å². The molecule has 0 saturated carbocycles. The summed E-state index contributed by atoms with van der Waals surface area (Å²) in [5.74, 6) is -1.64. The Labute approximate surface area is 140 Å². The lowest BCUT2D eigenvalue weighted by Gasteiger charge is -2.33. The summed E-state index contributed by atoms with van der Waals surface area (Å²) in [5, 5.41) is 24.8. The van der Waals surface area contributed by atoms with Crippen molar-refractivity contribution >= 4 is 19.0 Å². The molecule has 0 bridgehead atoms. The average molecular weight is 332 g/mol. The quantitative estimate of drug-likeness (QED) is 0.572. The number of carboxylic acids is 1. The Hall–Kier alpha value is -1.90. The number of hydrogen-bond acceptors (Lipinski definition) is 5. The number of hydrogen-bond donors (Lipinski definition) is 4. The summed E-state index contributed by atoms with van der Waals surface area (Å²) in [6.45, 7) is 0.638. The number of fused-ring (bicyclic) bond motifs is 1. The van der Waals surface area contributed by atoms with Gasteiger partial charge >= 0.3 is 13.1 Å². The van der Waals surface area contributed by atoms with Crippen LogP contribution in [0.4, 0.5) is 0 Å². The standard InChI is InChI=1S/C16H21BN2O5/c20-15(21)8-12-5-6-14(17(23)24-12)19-16(22)13-7-10-3-1-2-4-11(10)9-18-13/h1-4,12-14,18,23H,5-9H2,(H,19,22)(H,20,21)/t12-,13+,14-/m0/s1. The number of carbonyl (C=O) groups excluding carboxylic acids is 1. The van der Waals surface area contributed by atoms with E-state index < -0.39 is 25.1 Å². The zero-order valence-electron chi connectivity index (χ0n) is 13.3. The van der Waals surface area contributed by atoms with Gasteiger partial charge in [0.25, 0.3) is 0 Å². The minimum absolute atomic E-state index is 0.140. The highest BCUT2D eigenvalue weighted by molar-refractivity contribution is 6.45. The van der Waals surface area contributed by atoms with Gasteiger partial charge < -0.3 is 25.4 Å². The van der Waals surface area contributed by atoms with E-state index in [0.717, 1.165) is 5.56 Å². The molecule has 0 spiro atoms. The topological polar surface area (TPSA) is 108 Å². The number of aliphatic carboxylic acids is 1. The smallest absolute Gasteiger partial charge is 0.478 e. The first-order valence-electron chi connectivity index (χ1n) is 8.19. The zero-order valence-corrected chi connectivity index (χ0v) is 13.3. The fraction of sp³-hybridized carbons (Fsp3) is 0.500. The van der Waals surface area contributed by atoms with Crippen LogP contribution in [-0.4, -0.2) is 47.2 Å². The van der Waals surface area contributed by atoms with Crippen molar-refractivity contribution in [2.75, 3.05) is 0 Å². The molecule has 1 saturated heterocycles. The van der Waals surface area contributed by atoms with Crippen LogP contribution in [0.25, 0.3) is 0 Å². The van der Waals surface area contributed by atoms with Gasteiger partial charge in [0.15, 0.2) is 0 Å². The van der Waals surface area contributed by atoms with Gasteiger partial charge in [-0.2, -0.15) is 0 Å². The summed E-state index contributed by atoms with van der Waals surface area (Å²) in [4.78, 5) is 23.1. The van der Waals surface area contributed by atoms with Gasteiger partial charge in [0.05, 0.1) is 24.5 Å². The molecule has 3 rings (SSSR count). The SMILES string of the molecule is O=C(O)C[C@@H]1CC[C@H](NC(=O)[C@H]2Cc3ccccc3CN2)B(O)O1. The van der Waals surface area contributed by atoms with Crippen LogP contribution in [0.15, 0.2) is 24.3 Å². The van der Waals surface area contributed by atoms with E-state index in [1.165, 1.54) is 5.56 Å². The second-order valence-corrected chi connectivity index (χ2v) is 6.35. The second kappa shape index (κ2) is 7.33. The summed E-state index contributed by atoms with van der Waals surface area (Å²) in [7, 11) is -1.18. The van der Waals surface area contributed by atoms with Crippen molar-refractivity contribution in [2.24, 2.45) is 0 Å². The van der Waals surface area contributed by atoms with Gasteiger partial charge in [-0.1, -0.05) is 24.3 Å². The van der Waals surface area contributed by atoms with Gasteiger partial charge in [-0.3, -0.25) is 9.59 Å². The first-order valence-corrected chi connectivity index (χ1v) is 8.19. The molecule has 0 aromatic heterocycles. The molecule has 1 aromatic rings. The molecule has 0 radical (unpaired) electrons. The maximum Gasteiger partial charge on any atom is 0.478 e. The molecule has 2 aliphatic heterocycles. The molecule has 1 amide bonds. The molecule has 0 unspecified atom stereocenters. The van der Waals surface area contributed by atoms with Crippen molar-refractivity contribution in [2.45, 2.75) is 50.3 Å². The van der Waals surface area contributed by atoms with Crippen LogP contribution in [0, 0.1) is 0 Å². The maximum atomic E-state index is 12.4. The molecule has 2 heterocycles. The molecular formula is C16H21BN2O5. The zero-order chi connectivity index (χ0) is 17.1. The van der Waals surface area contributed by atoms with Crippen LogP contribution in [0.2, 0.25) is 0 Å². The lowest BCUT2D eigenvalue weighted by molar-refractivity contribution is -0.139. The van der Waals surface area contributed by atoms with Crippen LogP contribution in [0.1, 0.15) is 30.4 Å². The van der Waals surface area contributed by atoms with E-state index in [9.17, 15) is 14.6 Å². The first kappa shape index (κ1) is 16.9. The van der Waals surface area contributed by atoms with E-state index in [1.54, 1.807) is 0 Å². The van der Waals surface area contributed by atoms with E-state index in [4.69, 9.17) is 9.76 Å². The number of amides is 1. The highest BCUT2D eigenvalue weighted by Gasteiger charge is 2.38. The molecule has 7 nitrogen and oxygen atoms in total. The molecule has 2 aliphatic rings. The molecule has 8 heteroatoms. The van der Waals surface area contributed by atoms with Crippen LogP contribution in [0.3, 0.4) is 0 Å². The number of carbonyl (C=O) groups is 2. The Bertz CT molecular complexity index is 626. The average Bonchev–Trinajstić information content (AvgIpc) is 2.56. The predicted octanol–water partition coefficient (Wildman–Crippen LogP) is -0.141. The van der Waals surface area contributed by atoms with Gasteiger partial charge in [0, 0.05) is 6.54 Å². The normalized spacial score (nSPS) is 26.5. The van der Waals surface area contributed by atoms with E-state index in [0.29, 0.717) is 25.8 Å². The van der Waals surface area contributed by atoms with Crippen LogP contribution < -0.4 is 10.6 Å². The van der Waals surface area contributed by atoms with E-state index in [-0.39, 0.29) is 18.4 Å². The summed E-state index contributed by atoms with van der Waals surface area (Å²) in [5.41, 5.74) is 2.34. The second-order valence-electron chi connectivity index (χ2n) is 6.35. The van der Waals surface area contributed by atoms with Gasteiger partial charge in [-0.05, 0) is 30.4 Å². The Morgan fingerprint density at radius 2 is 2.04 bits per heavy atom. The third kappa shape index (κ3) is 3.95. The molecule has 1 aromatic carbocycles. The van der Waals surface area contributed by atoms with Crippen molar-refractivity contribution in [3.63, 3.8) is 0 Å². The van der Waals surface area contributed by atoms with Crippen LogP contribution in [-0.2, 0) is 27.2 Å². The minimum atomic E-state index is -1.18. The van der Waals surface area contributed by atoms with Gasteiger partial charge in [0.2, 0.25) is 5.91 Å². The number of benzene rings is 1. The molecule has 3 atom stereocenters. The fourth-order valence-corrected chi connectivity index (χ4v) is 3.28. The van der Waals surface area contributed by atoms with Crippen molar-refractivity contribution in [3.8, 4) is 0 Å². The minimum Gasteiger partial charge on any atom is -0.481 e. The van der Waals surface area contributed by atoms with Crippen molar-refractivity contribution in [1.82, 2.24) is 10.6 Å². The Morgan fingerprint density at radius 1 is 1.29 bits per heavy atom. The number of rotatable bonds is 4. The van der Waals surface area contributed by atoms with Gasteiger partial charge in [-0.15, -0.1) is 0 Å². The largest absolute Gasteiger partial charge is 0.481 e. The first-order chi connectivity index (χ1) is 11.5. The number of nitrogens with one attached hydrogen (secondary N) is 2. The third-order valence-electron chi connectivity index (χ3n) is 4.60. The van der Waals surface area contributed by atoms with Gasteiger partial charge in [0.1, 0.15) is 0 Å². The summed E-state index contributed by atoms with van der Waals surface area (Å²) >= 11 is 0. The lowest BCUT2D eigenvalue weighted by Crippen LogP contribution is -2.57. The Balaban J connectivity index is 1.53. The van der Waals surface area contributed by atoms with Gasteiger partial charge in [-0.25, -0.2) is 0 Å². The Morgan fingerprint density at radius 3 is 2.75 bits per heavy atom. The number of carboxylic acid groups (broad SMARTS) is 1. The fourth-order valence-electron chi connectivity index (χ4n) is 3.28. The predicted molar refractivity (Wildman–Crippen MR) is 87.0 cm³/mol. The van der Waals surface area contributed by atoms with Crippen molar-refractivity contribution < 1.29 is 24.4 Å². The van der Waals surface area contributed by atoms with Crippen molar-refractivity contribution in [3.05, 3.63) is 35.4 Å². The molecule has 1 fully saturated rings. The van der Waals surface area contributed by atoms with Crippen molar-refractivity contribution in [1.29, 1.82) is 0 Å². The monoisotopic (exact) mass is 332 g/mol. The van der Waals surface area contributed by atoms with Crippen LogP contribution >= 0.6 is 0 Å². The third-order valence-corrected chi connectivity index (χ3v) is 4.60. The maximum absolute atomic E-state index is 12.4. The summed E-state index contributed by atoms with van der Waals surface area (Å²) in [6.07, 6.45) is 0.945. The highest BCUT2D eigenvalue weighted by Crippen LogP contribution is 2.20. The lowest BCUT2D eigenvalue weighted by atomic mass is 9.72.